The first-order chi connectivity index (χ1) is 9.60. The van der Waals surface area contributed by atoms with Crippen LogP contribution in [0.3, 0.4) is 0 Å². The number of rotatable bonds is 4. The maximum Gasteiger partial charge on any atom is 0.222 e. The average molecular weight is 274 g/mol. The molecule has 3 nitrogen and oxygen atoms in total. The molecule has 1 fully saturated rings. The molecule has 1 aromatic carbocycles. The van der Waals surface area contributed by atoms with Crippen LogP contribution in [-0.2, 0) is 11.3 Å². The van der Waals surface area contributed by atoms with E-state index in [9.17, 15) is 4.79 Å². The molecule has 1 aliphatic heterocycles. The summed E-state index contributed by atoms with van der Waals surface area (Å²) in [5.74, 6) is 0.874. The van der Waals surface area contributed by atoms with Gasteiger partial charge in [0, 0.05) is 39.1 Å². The summed E-state index contributed by atoms with van der Waals surface area (Å²) in [4.78, 5) is 16.1. The SMILES string of the molecule is CCC(=O)N1CCN(Cc2ccc(C(C)C)cc2)CC1. The number of benzene rings is 1. The highest BCUT2D eigenvalue weighted by atomic mass is 16.2. The Hall–Kier alpha value is -1.35. The van der Waals surface area contributed by atoms with Crippen LogP contribution in [0.25, 0.3) is 0 Å². The van der Waals surface area contributed by atoms with E-state index >= 15 is 0 Å². The molecule has 0 N–H and O–H groups in total. The molecule has 20 heavy (non-hydrogen) atoms. The van der Waals surface area contributed by atoms with E-state index in [1.807, 2.05) is 11.8 Å². The quantitative estimate of drug-likeness (QED) is 0.843. The summed E-state index contributed by atoms with van der Waals surface area (Å²) in [6, 6.07) is 8.94. The van der Waals surface area contributed by atoms with Crippen LogP contribution in [0.2, 0.25) is 0 Å². The number of carbonyl (C=O) groups is 1. The number of hydrogen-bond acceptors (Lipinski definition) is 2. The van der Waals surface area contributed by atoms with E-state index < -0.39 is 0 Å². The first-order valence-corrected chi connectivity index (χ1v) is 7.69. The third kappa shape index (κ3) is 3.83. The van der Waals surface area contributed by atoms with Crippen molar-refractivity contribution in [3.8, 4) is 0 Å². The van der Waals surface area contributed by atoms with Crippen molar-refractivity contribution in [3.05, 3.63) is 35.4 Å². The lowest BCUT2D eigenvalue weighted by Gasteiger charge is -2.34. The number of hydrogen-bond donors (Lipinski definition) is 0. The lowest BCUT2D eigenvalue weighted by atomic mass is 10.0. The standard InChI is InChI=1S/C17H26N2O/c1-4-17(20)19-11-9-18(10-12-19)13-15-5-7-16(8-6-15)14(2)3/h5-8,14H,4,9-13H2,1-3H3. The largest absolute Gasteiger partial charge is 0.340 e. The van der Waals surface area contributed by atoms with E-state index in [0.29, 0.717) is 12.3 Å². The monoisotopic (exact) mass is 274 g/mol. The Kier molecular flexibility index (Phi) is 5.18. The molecule has 1 aromatic rings. The highest BCUT2D eigenvalue weighted by molar-refractivity contribution is 5.75. The Labute approximate surface area is 122 Å². The summed E-state index contributed by atoms with van der Waals surface area (Å²) in [6.07, 6.45) is 0.622. The Morgan fingerprint density at radius 1 is 1.10 bits per heavy atom. The van der Waals surface area contributed by atoms with Crippen LogP contribution in [0, 0.1) is 0 Å². The second-order valence-corrected chi connectivity index (χ2v) is 5.91. The van der Waals surface area contributed by atoms with Gasteiger partial charge < -0.3 is 4.90 Å². The smallest absolute Gasteiger partial charge is 0.222 e. The topological polar surface area (TPSA) is 23.6 Å². The van der Waals surface area contributed by atoms with Crippen molar-refractivity contribution in [1.82, 2.24) is 9.80 Å². The van der Waals surface area contributed by atoms with E-state index in [4.69, 9.17) is 0 Å². The minimum absolute atomic E-state index is 0.283. The maximum absolute atomic E-state index is 11.6. The van der Waals surface area contributed by atoms with Crippen molar-refractivity contribution in [1.29, 1.82) is 0 Å². The van der Waals surface area contributed by atoms with Crippen molar-refractivity contribution in [2.45, 2.75) is 39.7 Å². The van der Waals surface area contributed by atoms with Gasteiger partial charge in [-0.25, -0.2) is 0 Å². The van der Waals surface area contributed by atoms with Crippen LogP contribution in [0.15, 0.2) is 24.3 Å². The molecular weight excluding hydrogens is 248 g/mol. The second kappa shape index (κ2) is 6.89. The third-order valence-electron chi connectivity index (χ3n) is 4.08. The van der Waals surface area contributed by atoms with Crippen LogP contribution in [-0.4, -0.2) is 41.9 Å². The van der Waals surface area contributed by atoms with Crippen molar-refractivity contribution < 1.29 is 4.79 Å². The highest BCUT2D eigenvalue weighted by Gasteiger charge is 2.19. The maximum atomic E-state index is 11.6. The van der Waals surface area contributed by atoms with E-state index in [0.717, 1.165) is 32.7 Å². The summed E-state index contributed by atoms with van der Waals surface area (Å²) in [5, 5.41) is 0. The van der Waals surface area contributed by atoms with Crippen LogP contribution < -0.4 is 0 Å². The van der Waals surface area contributed by atoms with Gasteiger partial charge in [-0.15, -0.1) is 0 Å². The molecule has 1 aliphatic rings. The molecule has 0 spiro atoms. The van der Waals surface area contributed by atoms with Crippen molar-refractivity contribution in [2.24, 2.45) is 0 Å². The second-order valence-electron chi connectivity index (χ2n) is 5.91. The van der Waals surface area contributed by atoms with Gasteiger partial charge in [-0.2, -0.15) is 0 Å². The van der Waals surface area contributed by atoms with Crippen molar-refractivity contribution >= 4 is 5.91 Å². The normalized spacial score (nSPS) is 16.7. The molecule has 0 unspecified atom stereocenters. The molecular formula is C17H26N2O. The van der Waals surface area contributed by atoms with Gasteiger partial charge in [0.2, 0.25) is 5.91 Å². The first kappa shape index (κ1) is 15.0. The summed E-state index contributed by atoms with van der Waals surface area (Å²) >= 11 is 0. The predicted molar refractivity (Wildman–Crippen MR) is 82.7 cm³/mol. The van der Waals surface area contributed by atoms with E-state index in [1.165, 1.54) is 11.1 Å². The van der Waals surface area contributed by atoms with Crippen LogP contribution in [0.5, 0.6) is 0 Å². The summed E-state index contributed by atoms with van der Waals surface area (Å²) < 4.78 is 0. The number of carbonyl (C=O) groups excluding carboxylic acids is 1. The molecule has 0 aliphatic carbocycles. The summed E-state index contributed by atoms with van der Waals surface area (Å²) in [6.45, 7) is 11.1. The molecule has 3 heteroatoms. The van der Waals surface area contributed by atoms with Gasteiger partial charge in [-0.3, -0.25) is 9.69 Å². The molecule has 0 saturated carbocycles. The Bertz CT molecular complexity index is 431. The molecule has 1 heterocycles. The lowest BCUT2D eigenvalue weighted by molar-refractivity contribution is -0.132. The molecule has 0 radical (unpaired) electrons. The van der Waals surface area contributed by atoms with Gasteiger partial charge in [0.25, 0.3) is 0 Å². The van der Waals surface area contributed by atoms with E-state index in [1.54, 1.807) is 0 Å². The van der Waals surface area contributed by atoms with Gasteiger partial charge >= 0.3 is 0 Å². The van der Waals surface area contributed by atoms with Crippen molar-refractivity contribution in [2.75, 3.05) is 26.2 Å². The summed E-state index contributed by atoms with van der Waals surface area (Å²) in [5.41, 5.74) is 2.76. The average Bonchev–Trinajstić information content (AvgIpc) is 2.48. The Morgan fingerprint density at radius 3 is 2.20 bits per heavy atom. The lowest BCUT2D eigenvalue weighted by Crippen LogP contribution is -2.48. The Balaban J connectivity index is 1.84. The summed E-state index contributed by atoms with van der Waals surface area (Å²) in [7, 11) is 0. The molecule has 0 aromatic heterocycles. The zero-order valence-electron chi connectivity index (χ0n) is 12.9. The minimum Gasteiger partial charge on any atom is -0.340 e. The van der Waals surface area contributed by atoms with Gasteiger partial charge in [0.05, 0.1) is 0 Å². The highest BCUT2D eigenvalue weighted by Crippen LogP contribution is 2.16. The van der Waals surface area contributed by atoms with Gasteiger partial charge in [-0.05, 0) is 17.0 Å². The fourth-order valence-electron chi connectivity index (χ4n) is 2.65. The fourth-order valence-corrected chi connectivity index (χ4v) is 2.65. The van der Waals surface area contributed by atoms with E-state index in [2.05, 4.69) is 43.0 Å². The molecule has 0 bridgehead atoms. The zero-order valence-corrected chi connectivity index (χ0v) is 12.9. The fraction of sp³-hybridized carbons (Fsp3) is 0.588. The predicted octanol–water partition coefficient (Wildman–Crippen LogP) is 2.86. The van der Waals surface area contributed by atoms with Gasteiger partial charge in [0.1, 0.15) is 0 Å². The molecule has 2 rings (SSSR count). The molecule has 110 valence electrons. The molecule has 0 atom stereocenters. The van der Waals surface area contributed by atoms with Crippen LogP contribution in [0.1, 0.15) is 44.2 Å². The Morgan fingerprint density at radius 2 is 1.70 bits per heavy atom. The van der Waals surface area contributed by atoms with Crippen LogP contribution >= 0.6 is 0 Å². The van der Waals surface area contributed by atoms with Gasteiger partial charge in [0.15, 0.2) is 0 Å². The minimum atomic E-state index is 0.283. The number of nitrogens with zero attached hydrogens (tertiary/aromatic N) is 2. The third-order valence-corrected chi connectivity index (χ3v) is 4.08. The zero-order chi connectivity index (χ0) is 14.5. The number of piperazine rings is 1. The van der Waals surface area contributed by atoms with E-state index in [-0.39, 0.29) is 5.91 Å². The number of amides is 1. The molecule has 1 amide bonds. The molecule has 1 saturated heterocycles. The van der Waals surface area contributed by atoms with Crippen molar-refractivity contribution in [3.63, 3.8) is 0 Å². The van der Waals surface area contributed by atoms with Crippen LogP contribution in [0.4, 0.5) is 0 Å². The van der Waals surface area contributed by atoms with Gasteiger partial charge in [-0.1, -0.05) is 45.0 Å². The first-order valence-electron chi connectivity index (χ1n) is 7.69.